The molecule has 1 amide bonds. The fraction of sp³-hybridized carbons (Fsp3) is 0.321. The van der Waals surface area contributed by atoms with Crippen LogP contribution in [0.3, 0.4) is 0 Å². The van der Waals surface area contributed by atoms with Gasteiger partial charge in [-0.05, 0) is 56.2 Å². The predicted molar refractivity (Wildman–Crippen MR) is 146 cm³/mol. The molecular weight excluding hydrogens is 540 g/mol. The predicted octanol–water partition coefficient (Wildman–Crippen LogP) is 6.15. The third-order valence-corrected chi connectivity index (χ3v) is 9.09. The van der Waals surface area contributed by atoms with Crippen molar-refractivity contribution in [2.45, 2.75) is 56.6 Å². The van der Waals surface area contributed by atoms with E-state index in [0.717, 1.165) is 38.5 Å². The van der Waals surface area contributed by atoms with Gasteiger partial charge in [0.15, 0.2) is 0 Å². The van der Waals surface area contributed by atoms with Gasteiger partial charge in [0.2, 0.25) is 5.91 Å². The highest BCUT2D eigenvalue weighted by Crippen LogP contribution is 2.42. The number of nitrogens with one attached hydrogen (secondary N) is 1. The van der Waals surface area contributed by atoms with Crippen molar-refractivity contribution in [1.82, 2.24) is 5.32 Å². The van der Waals surface area contributed by atoms with Gasteiger partial charge in [0.25, 0.3) is 10.0 Å². The van der Waals surface area contributed by atoms with Crippen LogP contribution < -0.4 is 14.4 Å². The van der Waals surface area contributed by atoms with E-state index >= 15 is 0 Å². The summed E-state index contributed by atoms with van der Waals surface area (Å²) < 4.78 is 35.6. The molecule has 0 radical (unpaired) electrons. The fourth-order valence-corrected chi connectivity index (χ4v) is 6.38. The second-order valence-electron chi connectivity index (χ2n) is 9.16. The molecule has 8 heteroatoms. The lowest BCUT2D eigenvalue weighted by Crippen LogP contribution is -2.47. The Kier molecular flexibility index (Phi) is 7.76. The number of carbonyl (C=O) groups excluding carboxylic acids is 1. The van der Waals surface area contributed by atoms with Crippen molar-refractivity contribution >= 4 is 37.5 Å². The van der Waals surface area contributed by atoms with Gasteiger partial charge in [0, 0.05) is 16.5 Å². The summed E-state index contributed by atoms with van der Waals surface area (Å²) in [6.07, 6.45) is 2.22. The highest BCUT2D eigenvalue weighted by atomic mass is 79.9. The van der Waals surface area contributed by atoms with Crippen molar-refractivity contribution in [2.75, 3.05) is 10.8 Å². The van der Waals surface area contributed by atoms with Crippen LogP contribution in [0.4, 0.5) is 5.69 Å². The Labute approximate surface area is 221 Å². The number of halogens is 1. The van der Waals surface area contributed by atoms with Gasteiger partial charge in [-0.25, -0.2) is 8.42 Å². The Balaban J connectivity index is 1.65. The number of rotatable bonds is 8. The summed E-state index contributed by atoms with van der Waals surface area (Å²) in [6.45, 7) is 5.71. The van der Waals surface area contributed by atoms with E-state index in [4.69, 9.17) is 4.74 Å². The van der Waals surface area contributed by atoms with Crippen LogP contribution in [0.25, 0.3) is 0 Å². The summed E-state index contributed by atoms with van der Waals surface area (Å²) >= 11 is 3.42. The maximum atomic E-state index is 13.7. The minimum absolute atomic E-state index is 0.133. The van der Waals surface area contributed by atoms with Gasteiger partial charge in [0.1, 0.15) is 17.9 Å². The molecule has 1 N–H and O–H groups in total. The first-order chi connectivity index (χ1) is 17.2. The molecule has 3 aromatic rings. The van der Waals surface area contributed by atoms with Crippen LogP contribution in [-0.4, -0.2) is 26.5 Å². The molecule has 1 unspecified atom stereocenters. The number of nitrogens with zero attached hydrogens (tertiary/aromatic N) is 1. The molecule has 36 heavy (non-hydrogen) atoms. The number of hydrogen-bond donors (Lipinski definition) is 1. The molecule has 0 aliphatic carbocycles. The second kappa shape index (κ2) is 10.6. The highest BCUT2D eigenvalue weighted by Gasteiger charge is 2.39. The maximum absolute atomic E-state index is 13.7. The van der Waals surface area contributed by atoms with E-state index in [0.29, 0.717) is 12.1 Å². The van der Waals surface area contributed by atoms with E-state index in [1.54, 1.807) is 42.5 Å². The maximum Gasteiger partial charge on any atom is 0.264 e. The minimum Gasteiger partial charge on any atom is -0.487 e. The Morgan fingerprint density at radius 2 is 1.75 bits per heavy atom. The monoisotopic (exact) mass is 570 g/mol. The van der Waals surface area contributed by atoms with Gasteiger partial charge in [-0.15, -0.1) is 0 Å². The van der Waals surface area contributed by atoms with Crippen LogP contribution in [0.5, 0.6) is 5.75 Å². The Morgan fingerprint density at radius 3 is 2.42 bits per heavy atom. The molecule has 0 saturated carbocycles. The zero-order valence-corrected chi connectivity index (χ0v) is 23.1. The molecule has 0 saturated heterocycles. The molecule has 3 aromatic carbocycles. The molecule has 0 spiro atoms. The van der Waals surface area contributed by atoms with Crippen LogP contribution >= 0.6 is 15.9 Å². The number of amides is 1. The van der Waals surface area contributed by atoms with Gasteiger partial charge in [0.05, 0.1) is 16.6 Å². The zero-order valence-electron chi connectivity index (χ0n) is 20.7. The molecule has 4 rings (SSSR count). The third kappa shape index (κ3) is 5.44. The lowest BCUT2D eigenvalue weighted by atomic mass is 9.83. The van der Waals surface area contributed by atoms with Crippen molar-refractivity contribution < 1.29 is 17.9 Å². The molecule has 190 valence electrons. The van der Waals surface area contributed by atoms with E-state index in [2.05, 4.69) is 35.1 Å². The van der Waals surface area contributed by atoms with E-state index in [-0.39, 0.29) is 29.0 Å². The highest BCUT2D eigenvalue weighted by molar-refractivity contribution is 9.10. The summed E-state index contributed by atoms with van der Waals surface area (Å²) in [6, 6.07) is 21.0. The minimum atomic E-state index is -3.99. The molecular formula is C28H31BrN2O4S. The van der Waals surface area contributed by atoms with E-state index in [1.165, 1.54) is 0 Å². The van der Waals surface area contributed by atoms with Gasteiger partial charge < -0.3 is 10.1 Å². The Morgan fingerprint density at radius 1 is 1.06 bits per heavy atom. The van der Waals surface area contributed by atoms with Gasteiger partial charge in [-0.3, -0.25) is 9.10 Å². The number of anilines is 1. The van der Waals surface area contributed by atoms with Crippen LogP contribution in [0.2, 0.25) is 0 Å². The van der Waals surface area contributed by atoms with Crippen LogP contribution in [0, 0.1) is 6.92 Å². The topological polar surface area (TPSA) is 75.7 Å². The first-order valence-electron chi connectivity index (χ1n) is 12.1. The normalized spacial score (nSPS) is 16.5. The fourth-order valence-electron chi connectivity index (χ4n) is 4.58. The number of benzene rings is 3. The number of para-hydroxylation sites is 1. The zero-order chi connectivity index (χ0) is 25.9. The van der Waals surface area contributed by atoms with E-state index < -0.39 is 10.0 Å². The molecule has 1 aliphatic heterocycles. The lowest BCUT2D eigenvalue weighted by Gasteiger charge is -2.41. The SMILES string of the molecule is CCC1(CC)CC(NC(=O)CN(c2cccc(Br)c2)S(=O)(=O)c2ccc(C)cc2)c2ccccc2O1. The smallest absolute Gasteiger partial charge is 0.264 e. The standard InChI is InChI=1S/C28H31BrN2O4S/c1-4-28(5-2)18-25(24-11-6-7-12-26(24)35-28)30-27(32)19-31(22-10-8-9-21(29)17-22)36(33,34)23-15-13-20(3)14-16-23/h6-17,25H,4-5,18-19H2,1-3H3,(H,30,32). The molecule has 0 aromatic heterocycles. The average molecular weight is 572 g/mol. The third-order valence-electron chi connectivity index (χ3n) is 6.81. The summed E-state index contributed by atoms with van der Waals surface area (Å²) in [5.74, 6) is 0.377. The van der Waals surface area contributed by atoms with Crippen molar-refractivity contribution in [3.63, 3.8) is 0 Å². The summed E-state index contributed by atoms with van der Waals surface area (Å²) in [5.41, 5.74) is 1.88. The first-order valence-corrected chi connectivity index (χ1v) is 14.3. The van der Waals surface area contributed by atoms with Crippen LogP contribution in [-0.2, 0) is 14.8 Å². The number of sulfonamides is 1. The van der Waals surface area contributed by atoms with Crippen molar-refractivity contribution in [3.05, 3.63) is 88.4 Å². The van der Waals surface area contributed by atoms with Gasteiger partial charge in [-0.1, -0.05) is 71.7 Å². The molecule has 0 bridgehead atoms. The largest absolute Gasteiger partial charge is 0.487 e. The van der Waals surface area contributed by atoms with Gasteiger partial charge in [-0.2, -0.15) is 0 Å². The van der Waals surface area contributed by atoms with Crippen molar-refractivity contribution in [1.29, 1.82) is 0 Å². The number of aryl methyl sites for hydroxylation is 1. The van der Waals surface area contributed by atoms with Crippen LogP contribution in [0.15, 0.2) is 82.2 Å². The van der Waals surface area contributed by atoms with Gasteiger partial charge >= 0.3 is 0 Å². The van der Waals surface area contributed by atoms with E-state index in [1.807, 2.05) is 37.3 Å². The average Bonchev–Trinajstić information content (AvgIpc) is 2.87. The van der Waals surface area contributed by atoms with Crippen molar-refractivity contribution in [3.8, 4) is 5.75 Å². The molecule has 0 fully saturated rings. The molecule has 1 heterocycles. The number of ether oxygens (including phenoxy) is 1. The van der Waals surface area contributed by atoms with E-state index in [9.17, 15) is 13.2 Å². The number of carbonyl (C=O) groups is 1. The van der Waals surface area contributed by atoms with Crippen LogP contribution in [0.1, 0.15) is 50.3 Å². The summed E-state index contributed by atoms with van der Waals surface area (Å²) in [4.78, 5) is 13.6. The first kappa shape index (κ1) is 26.2. The Bertz CT molecular complexity index is 1340. The van der Waals surface area contributed by atoms with Crippen molar-refractivity contribution in [2.24, 2.45) is 0 Å². The second-order valence-corrected chi connectivity index (χ2v) is 11.9. The Hall–Kier alpha value is -2.84. The quantitative estimate of drug-likeness (QED) is 0.352. The molecule has 1 atom stereocenters. The number of hydrogen-bond acceptors (Lipinski definition) is 4. The lowest BCUT2D eigenvalue weighted by molar-refractivity contribution is -0.121. The molecule has 6 nitrogen and oxygen atoms in total. The summed E-state index contributed by atoms with van der Waals surface area (Å²) in [5, 5.41) is 3.11. The molecule has 1 aliphatic rings. The number of fused-ring (bicyclic) bond motifs is 1. The summed E-state index contributed by atoms with van der Waals surface area (Å²) in [7, 11) is -3.99.